The fourth-order valence-electron chi connectivity index (χ4n) is 5.62. The van der Waals surface area contributed by atoms with Crippen LogP contribution in [0.3, 0.4) is 0 Å². The highest BCUT2D eigenvalue weighted by Crippen LogP contribution is 2.46. The number of carbonyl (C=O) groups excluding carboxylic acids is 1. The monoisotopic (exact) mass is 465 g/mol. The van der Waals surface area contributed by atoms with Gasteiger partial charge < -0.3 is 14.4 Å². The van der Waals surface area contributed by atoms with Crippen LogP contribution in [-0.4, -0.2) is 50.1 Å². The molecule has 0 spiro atoms. The zero-order valence-electron chi connectivity index (χ0n) is 19.7. The van der Waals surface area contributed by atoms with E-state index in [0.29, 0.717) is 6.61 Å². The SMILES string of the molecule is CCCOc1cc2c(c3c1C(CCCN1CCCOCC1)C=C(c1ccsc1)C3=O)CCC2. The van der Waals surface area contributed by atoms with Crippen LogP contribution in [-0.2, 0) is 17.6 Å². The number of ether oxygens (including phenoxy) is 2. The molecule has 1 aromatic heterocycles. The summed E-state index contributed by atoms with van der Waals surface area (Å²) in [5.74, 6) is 1.37. The third-order valence-corrected chi connectivity index (χ3v) is 7.89. The Hall–Kier alpha value is -1.95. The Morgan fingerprint density at radius 2 is 2.15 bits per heavy atom. The third kappa shape index (κ3) is 4.82. The Morgan fingerprint density at radius 3 is 3.00 bits per heavy atom. The number of nitrogens with zero attached hydrogens (tertiary/aromatic N) is 1. The fourth-order valence-corrected chi connectivity index (χ4v) is 6.27. The summed E-state index contributed by atoms with van der Waals surface area (Å²) in [6.45, 7) is 7.78. The second-order valence-corrected chi connectivity index (χ2v) is 10.3. The van der Waals surface area contributed by atoms with E-state index in [0.717, 1.165) is 106 Å². The van der Waals surface area contributed by atoms with Crippen molar-refractivity contribution in [3.63, 3.8) is 0 Å². The van der Waals surface area contributed by atoms with Gasteiger partial charge in [0.15, 0.2) is 5.78 Å². The molecule has 4 nitrogen and oxygen atoms in total. The third-order valence-electron chi connectivity index (χ3n) is 7.21. The highest BCUT2D eigenvalue weighted by atomic mass is 32.1. The Kier molecular flexibility index (Phi) is 7.29. The van der Waals surface area contributed by atoms with Crippen LogP contribution in [0.25, 0.3) is 5.57 Å². The molecular weight excluding hydrogens is 430 g/mol. The van der Waals surface area contributed by atoms with Gasteiger partial charge in [-0.25, -0.2) is 0 Å². The molecule has 2 aliphatic carbocycles. The molecule has 176 valence electrons. The molecule has 3 aliphatic rings. The number of carbonyl (C=O) groups is 1. The number of hydrogen-bond donors (Lipinski definition) is 0. The van der Waals surface area contributed by atoms with Crippen molar-refractivity contribution in [1.82, 2.24) is 4.90 Å². The maximum Gasteiger partial charge on any atom is 0.194 e. The standard InChI is InChI=1S/C28H35NO3S/c1-2-13-32-25-18-20-6-3-8-23(20)27-26(25)21(7-4-10-29-11-5-14-31-15-12-29)17-24(28(27)30)22-9-16-33-19-22/h9,16-19,21H,2-8,10-15H2,1H3. The Labute approximate surface area is 201 Å². The second-order valence-electron chi connectivity index (χ2n) is 9.48. The molecule has 1 fully saturated rings. The summed E-state index contributed by atoms with van der Waals surface area (Å²) in [5, 5.41) is 4.18. The van der Waals surface area contributed by atoms with Gasteiger partial charge in [-0.05, 0) is 91.1 Å². The van der Waals surface area contributed by atoms with Crippen LogP contribution in [0.5, 0.6) is 5.75 Å². The number of ketones is 1. The zero-order valence-corrected chi connectivity index (χ0v) is 20.6. The summed E-state index contributed by atoms with van der Waals surface area (Å²) < 4.78 is 11.9. The number of aryl methyl sites for hydroxylation is 1. The van der Waals surface area contributed by atoms with Crippen LogP contribution in [0, 0.1) is 0 Å². The molecule has 1 saturated heterocycles. The zero-order chi connectivity index (χ0) is 22.6. The topological polar surface area (TPSA) is 38.8 Å². The van der Waals surface area contributed by atoms with E-state index in [1.165, 1.54) is 11.1 Å². The molecule has 33 heavy (non-hydrogen) atoms. The van der Waals surface area contributed by atoms with Gasteiger partial charge in [-0.15, -0.1) is 0 Å². The van der Waals surface area contributed by atoms with Gasteiger partial charge in [0.1, 0.15) is 5.75 Å². The van der Waals surface area contributed by atoms with Crippen LogP contribution < -0.4 is 4.74 Å². The van der Waals surface area contributed by atoms with Gasteiger partial charge in [-0.2, -0.15) is 11.3 Å². The molecule has 5 rings (SSSR count). The summed E-state index contributed by atoms with van der Waals surface area (Å²) in [4.78, 5) is 16.4. The smallest absolute Gasteiger partial charge is 0.194 e. The molecule has 1 unspecified atom stereocenters. The minimum atomic E-state index is 0.199. The molecule has 0 bridgehead atoms. The maximum atomic E-state index is 13.9. The predicted molar refractivity (Wildman–Crippen MR) is 135 cm³/mol. The summed E-state index contributed by atoms with van der Waals surface area (Å²) in [6.07, 6.45) is 9.67. The van der Waals surface area contributed by atoms with Gasteiger partial charge in [0, 0.05) is 42.3 Å². The fraction of sp³-hybridized carbons (Fsp3) is 0.536. The molecule has 1 aliphatic heterocycles. The van der Waals surface area contributed by atoms with Crippen molar-refractivity contribution in [2.45, 2.75) is 57.8 Å². The van der Waals surface area contributed by atoms with E-state index in [2.05, 4.69) is 40.8 Å². The van der Waals surface area contributed by atoms with Crippen molar-refractivity contribution in [2.24, 2.45) is 0 Å². The van der Waals surface area contributed by atoms with Crippen molar-refractivity contribution >= 4 is 22.7 Å². The van der Waals surface area contributed by atoms with Crippen LogP contribution >= 0.6 is 11.3 Å². The normalized spacial score (nSPS) is 20.8. The van der Waals surface area contributed by atoms with Gasteiger partial charge >= 0.3 is 0 Å². The summed E-state index contributed by atoms with van der Waals surface area (Å²) >= 11 is 1.66. The number of Topliss-reactive ketones (excluding diaryl/α,β-unsaturated/α-hetero) is 1. The number of fused-ring (bicyclic) bond motifs is 3. The Balaban J connectivity index is 1.48. The molecular formula is C28H35NO3S. The van der Waals surface area contributed by atoms with E-state index >= 15 is 0 Å². The molecule has 0 saturated carbocycles. The van der Waals surface area contributed by atoms with E-state index in [-0.39, 0.29) is 11.7 Å². The highest BCUT2D eigenvalue weighted by Gasteiger charge is 2.35. The van der Waals surface area contributed by atoms with Gasteiger partial charge in [0.2, 0.25) is 0 Å². The average molecular weight is 466 g/mol. The lowest BCUT2D eigenvalue weighted by atomic mass is 9.76. The number of benzene rings is 1. The van der Waals surface area contributed by atoms with E-state index in [9.17, 15) is 4.79 Å². The molecule has 1 atom stereocenters. The van der Waals surface area contributed by atoms with Crippen LogP contribution in [0.2, 0.25) is 0 Å². The molecule has 2 heterocycles. The van der Waals surface area contributed by atoms with Gasteiger partial charge in [0.05, 0.1) is 13.2 Å². The quantitative estimate of drug-likeness (QED) is 0.487. The number of allylic oxidation sites excluding steroid dienone is 2. The number of hydrogen-bond acceptors (Lipinski definition) is 5. The maximum absolute atomic E-state index is 13.9. The Morgan fingerprint density at radius 1 is 1.21 bits per heavy atom. The summed E-state index contributed by atoms with van der Waals surface area (Å²) in [5.41, 5.74) is 6.69. The van der Waals surface area contributed by atoms with Crippen molar-refractivity contribution in [2.75, 3.05) is 39.5 Å². The number of rotatable bonds is 8. The van der Waals surface area contributed by atoms with E-state index < -0.39 is 0 Å². The van der Waals surface area contributed by atoms with Crippen molar-refractivity contribution in [3.8, 4) is 5.75 Å². The molecule has 2 aromatic rings. The molecule has 0 N–H and O–H groups in total. The average Bonchev–Trinajstić information content (AvgIpc) is 3.46. The highest BCUT2D eigenvalue weighted by molar-refractivity contribution is 7.08. The predicted octanol–water partition coefficient (Wildman–Crippen LogP) is 5.89. The van der Waals surface area contributed by atoms with E-state index in [1.54, 1.807) is 11.3 Å². The van der Waals surface area contributed by atoms with Crippen molar-refractivity contribution in [1.29, 1.82) is 0 Å². The molecule has 1 aromatic carbocycles. The molecule has 0 amide bonds. The lowest BCUT2D eigenvalue weighted by molar-refractivity contribution is 0.105. The summed E-state index contributed by atoms with van der Waals surface area (Å²) in [7, 11) is 0. The van der Waals surface area contributed by atoms with Crippen molar-refractivity contribution in [3.05, 3.63) is 56.8 Å². The van der Waals surface area contributed by atoms with Crippen molar-refractivity contribution < 1.29 is 14.3 Å². The van der Waals surface area contributed by atoms with Gasteiger partial charge in [-0.3, -0.25) is 4.79 Å². The molecule has 0 radical (unpaired) electrons. The number of thiophene rings is 1. The Bertz CT molecular complexity index is 1000. The summed E-state index contributed by atoms with van der Waals surface area (Å²) in [6, 6.07) is 4.35. The van der Waals surface area contributed by atoms with Gasteiger partial charge in [-0.1, -0.05) is 13.0 Å². The first-order valence-corrected chi connectivity index (χ1v) is 13.6. The van der Waals surface area contributed by atoms with E-state index in [4.69, 9.17) is 9.47 Å². The van der Waals surface area contributed by atoms with Crippen LogP contribution in [0.4, 0.5) is 0 Å². The van der Waals surface area contributed by atoms with Crippen LogP contribution in [0.15, 0.2) is 29.0 Å². The largest absolute Gasteiger partial charge is 0.493 e. The minimum Gasteiger partial charge on any atom is -0.493 e. The van der Waals surface area contributed by atoms with E-state index in [1.807, 2.05) is 0 Å². The first-order chi connectivity index (χ1) is 16.3. The minimum absolute atomic E-state index is 0.199. The first kappa shape index (κ1) is 22.8. The lowest BCUT2D eigenvalue weighted by Gasteiger charge is -2.29. The second kappa shape index (κ2) is 10.5. The first-order valence-electron chi connectivity index (χ1n) is 12.7. The van der Waals surface area contributed by atoms with Crippen LogP contribution in [0.1, 0.15) is 77.6 Å². The molecule has 5 heteroatoms. The van der Waals surface area contributed by atoms with Gasteiger partial charge in [0.25, 0.3) is 0 Å². The lowest BCUT2D eigenvalue weighted by Crippen LogP contribution is -2.28.